The Morgan fingerprint density at radius 2 is 1.77 bits per heavy atom. The number of amides is 1. The van der Waals surface area contributed by atoms with Crippen molar-refractivity contribution in [2.24, 2.45) is 0 Å². The summed E-state index contributed by atoms with van der Waals surface area (Å²) in [6.07, 6.45) is 1.77. The number of para-hydroxylation sites is 2. The Kier molecular flexibility index (Phi) is 6.28. The highest BCUT2D eigenvalue weighted by Gasteiger charge is 2.27. The number of rotatable bonds is 6. The van der Waals surface area contributed by atoms with Crippen LogP contribution in [0.3, 0.4) is 0 Å². The Hall–Kier alpha value is -2.93. The fourth-order valence-corrected chi connectivity index (χ4v) is 4.70. The first-order valence-corrected chi connectivity index (χ1v) is 10.9. The van der Waals surface area contributed by atoms with Crippen molar-refractivity contribution in [2.75, 3.05) is 26.8 Å². The van der Waals surface area contributed by atoms with Crippen LogP contribution in [0.2, 0.25) is 0 Å². The molecule has 1 aliphatic rings. The summed E-state index contributed by atoms with van der Waals surface area (Å²) in [5.74, 6) is 1.92. The molecule has 30 heavy (non-hydrogen) atoms. The number of hydrogen-bond acceptors (Lipinski definition) is 6. The SMILES string of the molecule is COc1ccccc1-c1nnc(C2CCN(C(=O)COc3ccccc3C)CC2)s1. The quantitative estimate of drug-likeness (QED) is 0.591. The molecule has 0 spiro atoms. The second kappa shape index (κ2) is 9.26. The highest BCUT2D eigenvalue weighted by Crippen LogP contribution is 2.36. The summed E-state index contributed by atoms with van der Waals surface area (Å²) in [6, 6.07) is 15.6. The van der Waals surface area contributed by atoms with Crippen molar-refractivity contribution in [3.05, 3.63) is 59.1 Å². The summed E-state index contributed by atoms with van der Waals surface area (Å²) >= 11 is 1.61. The van der Waals surface area contributed by atoms with Gasteiger partial charge in [-0.25, -0.2) is 0 Å². The predicted molar refractivity (Wildman–Crippen MR) is 117 cm³/mol. The molecule has 4 rings (SSSR count). The average Bonchev–Trinajstić information content (AvgIpc) is 3.28. The Balaban J connectivity index is 1.33. The van der Waals surface area contributed by atoms with Crippen LogP contribution >= 0.6 is 11.3 Å². The molecule has 2 heterocycles. The van der Waals surface area contributed by atoms with Gasteiger partial charge in [0.25, 0.3) is 5.91 Å². The van der Waals surface area contributed by atoms with Gasteiger partial charge in [0.2, 0.25) is 0 Å². The molecule has 2 aromatic carbocycles. The number of hydrogen-bond donors (Lipinski definition) is 0. The Morgan fingerprint density at radius 3 is 2.50 bits per heavy atom. The summed E-state index contributed by atoms with van der Waals surface area (Å²) in [7, 11) is 1.66. The molecule has 0 atom stereocenters. The van der Waals surface area contributed by atoms with E-state index in [1.807, 2.05) is 60.4 Å². The number of likely N-dealkylation sites (tertiary alicyclic amines) is 1. The van der Waals surface area contributed by atoms with Crippen molar-refractivity contribution in [2.45, 2.75) is 25.7 Å². The normalized spacial score (nSPS) is 14.5. The summed E-state index contributed by atoms with van der Waals surface area (Å²) in [5.41, 5.74) is 2.00. The van der Waals surface area contributed by atoms with Gasteiger partial charge < -0.3 is 14.4 Å². The molecule has 0 aliphatic carbocycles. The van der Waals surface area contributed by atoms with E-state index in [1.165, 1.54) is 0 Å². The number of carbonyl (C=O) groups is 1. The minimum atomic E-state index is 0.0312. The van der Waals surface area contributed by atoms with Crippen LogP contribution in [0.25, 0.3) is 10.6 Å². The highest BCUT2D eigenvalue weighted by molar-refractivity contribution is 7.14. The Bertz CT molecular complexity index is 1010. The van der Waals surface area contributed by atoms with Crippen molar-refractivity contribution in [3.8, 4) is 22.1 Å². The van der Waals surface area contributed by atoms with E-state index in [0.29, 0.717) is 19.0 Å². The van der Waals surface area contributed by atoms with Crippen LogP contribution in [0.15, 0.2) is 48.5 Å². The molecule has 0 saturated carbocycles. The summed E-state index contributed by atoms with van der Waals surface area (Å²) in [6.45, 7) is 3.48. The highest BCUT2D eigenvalue weighted by atomic mass is 32.1. The number of benzene rings is 2. The van der Waals surface area contributed by atoms with E-state index in [2.05, 4.69) is 10.2 Å². The molecule has 6 nitrogen and oxygen atoms in total. The van der Waals surface area contributed by atoms with Crippen LogP contribution in [0.5, 0.6) is 11.5 Å². The number of nitrogens with zero attached hydrogens (tertiary/aromatic N) is 3. The van der Waals surface area contributed by atoms with Gasteiger partial charge >= 0.3 is 0 Å². The van der Waals surface area contributed by atoms with Gasteiger partial charge in [-0.05, 0) is 43.5 Å². The first-order chi connectivity index (χ1) is 14.7. The van der Waals surface area contributed by atoms with Gasteiger partial charge in [0.05, 0.1) is 12.7 Å². The van der Waals surface area contributed by atoms with Crippen molar-refractivity contribution >= 4 is 17.2 Å². The van der Waals surface area contributed by atoms with Crippen LogP contribution < -0.4 is 9.47 Å². The van der Waals surface area contributed by atoms with Crippen LogP contribution in [-0.4, -0.2) is 47.8 Å². The number of aromatic nitrogens is 2. The average molecular weight is 424 g/mol. The zero-order valence-corrected chi connectivity index (χ0v) is 18.0. The van der Waals surface area contributed by atoms with Gasteiger partial charge in [0.15, 0.2) is 11.6 Å². The van der Waals surface area contributed by atoms with E-state index in [-0.39, 0.29) is 12.5 Å². The van der Waals surface area contributed by atoms with Crippen LogP contribution in [-0.2, 0) is 4.79 Å². The smallest absolute Gasteiger partial charge is 0.260 e. The molecule has 7 heteroatoms. The van der Waals surface area contributed by atoms with E-state index in [0.717, 1.165) is 45.5 Å². The van der Waals surface area contributed by atoms with Crippen molar-refractivity contribution in [3.63, 3.8) is 0 Å². The van der Waals surface area contributed by atoms with E-state index < -0.39 is 0 Å². The molecule has 156 valence electrons. The summed E-state index contributed by atoms with van der Waals surface area (Å²) < 4.78 is 11.2. The fraction of sp³-hybridized carbons (Fsp3) is 0.348. The lowest BCUT2D eigenvalue weighted by Gasteiger charge is -2.30. The standard InChI is InChI=1S/C23H25N3O3S/c1-16-7-3-5-9-19(16)29-15-21(27)26-13-11-17(12-14-26)22-24-25-23(30-22)18-8-4-6-10-20(18)28-2/h3-10,17H,11-15H2,1-2H3. The lowest BCUT2D eigenvalue weighted by atomic mass is 9.98. The van der Waals surface area contributed by atoms with Crippen LogP contribution in [0.4, 0.5) is 0 Å². The lowest BCUT2D eigenvalue weighted by Crippen LogP contribution is -2.40. The van der Waals surface area contributed by atoms with E-state index in [4.69, 9.17) is 9.47 Å². The Labute approximate surface area is 180 Å². The number of carbonyl (C=O) groups excluding carboxylic acids is 1. The molecule has 1 aliphatic heterocycles. The number of ether oxygens (including phenoxy) is 2. The molecule has 1 saturated heterocycles. The lowest BCUT2D eigenvalue weighted by molar-refractivity contribution is -0.134. The van der Waals surface area contributed by atoms with E-state index >= 15 is 0 Å². The summed E-state index contributed by atoms with van der Waals surface area (Å²) in [4.78, 5) is 14.4. The first-order valence-electron chi connectivity index (χ1n) is 10.1. The number of aryl methyl sites for hydroxylation is 1. The monoisotopic (exact) mass is 423 g/mol. The van der Waals surface area contributed by atoms with E-state index in [9.17, 15) is 4.79 Å². The van der Waals surface area contributed by atoms with Crippen LogP contribution in [0, 0.1) is 6.92 Å². The predicted octanol–water partition coefficient (Wildman–Crippen LogP) is 4.31. The topological polar surface area (TPSA) is 64.6 Å². The molecule has 1 aromatic heterocycles. The maximum Gasteiger partial charge on any atom is 0.260 e. The van der Waals surface area contributed by atoms with Gasteiger partial charge in [-0.3, -0.25) is 4.79 Å². The maximum absolute atomic E-state index is 12.5. The van der Waals surface area contributed by atoms with Gasteiger partial charge in [0, 0.05) is 19.0 Å². The van der Waals surface area contributed by atoms with Crippen LogP contribution in [0.1, 0.15) is 29.3 Å². The van der Waals surface area contributed by atoms with Gasteiger partial charge in [0.1, 0.15) is 16.5 Å². The van der Waals surface area contributed by atoms with Gasteiger partial charge in [-0.2, -0.15) is 0 Å². The largest absolute Gasteiger partial charge is 0.496 e. The molecule has 0 bridgehead atoms. The zero-order valence-electron chi connectivity index (χ0n) is 17.2. The minimum absolute atomic E-state index is 0.0312. The van der Waals surface area contributed by atoms with Crippen molar-refractivity contribution < 1.29 is 14.3 Å². The molecule has 3 aromatic rings. The van der Waals surface area contributed by atoms with Crippen molar-refractivity contribution in [1.82, 2.24) is 15.1 Å². The molecule has 0 radical (unpaired) electrons. The third-order valence-electron chi connectivity index (χ3n) is 5.42. The number of methoxy groups -OCH3 is 1. The van der Waals surface area contributed by atoms with Gasteiger partial charge in [-0.1, -0.05) is 41.7 Å². The third kappa shape index (κ3) is 4.46. The molecule has 0 N–H and O–H groups in total. The molecule has 0 unspecified atom stereocenters. The first kappa shape index (κ1) is 20.3. The third-order valence-corrected chi connectivity index (χ3v) is 6.54. The van der Waals surface area contributed by atoms with E-state index in [1.54, 1.807) is 18.4 Å². The van der Waals surface area contributed by atoms with Crippen molar-refractivity contribution in [1.29, 1.82) is 0 Å². The minimum Gasteiger partial charge on any atom is -0.496 e. The molecular formula is C23H25N3O3S. The maximum atomic E-state index is 12.5. The summed E-state index contributed by atoms with van der Waals surface area (Å²) in [5, 5.41) is 10.7. The zero-order chi connectivity index (χ0) is 20.9. The number of piperidine rings is 1. The fourth-order valence-electron chi connectivity index (χ4n) is 3.65. The molecule has 1 fully saturated rings. The second-order valence-electron chi connectivity index (χ2n) is 7.35. The molecular weight excluding hydrogens is 398 g/mol. The second-order valence-corrected chi connectivity index (χ2v) is 8.36. The Morgan fingerprint density at radius 1 is 1.07 bits per heavy atom. The molecule has 1 amide bonds. The van der Waals surface area contributed by atoms with Gasteiger partial charge in [-0.15, -0.1) is 10.2 Å².